The van der Waals surface area contributed by atoms with Crippen LogP contribution < -0.4 is 10.9 Å². The van der Waals surface area contributed by atoms with E-state index in [2.05, 4.69) is 10.2 Å². The lowest BCUT2D eigenvalue weighted by atomic mass is 10.0. The predicted molar refractivity (Wildman–Crippen MR) is 109 cm³/mol. The van der Waals surface area contributed by atoms with Crippen molar-refractivity contribution >= 4 is 11.7 Å². The van der Waals surface area contributed by atoms with E-state index in [1.54, 1.807) is 6.20 Å². The number of carbonyl (C=O) groups excluding carboxylic acids is 2. The van der Waals surface area contributed by atoms with E-state index >= 15 is 0 Å². The molecule has 1 aliphatic carbocycles. The molecule has 0 aliphatic heterocycles. The SMILES string of the molecule is CNC(=O)c1cc(C(=O)CC2CC2)cn(Cc2cccc(CN(C)C)c2)c1=O. The Kier molecular flexibility index (Phi) is 6.09. The van der Waals surface area contributed by atoms with E-state index in [-0.39, 0.29) is 16.9 Å². The van der Waals surface area contributed by atoms with Crippen LogP contribution >= 0.6 is 0 Å². The molecular weight excluding hydrogens is 354 g/mol. The average molecular weight is 381 g/mol. The van der Waals surface area contributed by atoms with Gasteiger partial charge >= 0.3 is 0 Å². The van der Waals surface area contributed by atoms with Gasteiger partial charge in [0.15, 0.2) is 5.78 Å². The Morgan fingerprint density at radius 2 is 1.89 bits per heavy atom. The van der Waals surface area contributed by atoms with Crippen molar-refractivity contribution in [1.29, 1.82) is 0 Å². The van der Waals surface area contributed by atoms with Gasteiger partial charge in [-0.3, -0.25) is 14.4 Å². The molecule has 2 aromatic rings. The van der Waals surface area contributed by atoms with Crippen LogP contribution in [0, 0.1) is 5.92 Å². The van der Waals surface area contributed by atoms with Gasteiger partial charge in [-0.05, 0) is 50.0 Å². The summed E-state index contributed by atoms with van der Waals surface area (Å²) >= 11 is 0. The summed E-state index contributed by atoms with van der Waals surface area (Å²) in [6, 6.07) is 9.43. The Bertz CT molecular complexity index is 942. The van der Waals surface area contributed by atoms with Crippen LogP contribution in [0.4, 0.5) is 0 Å². The van der Waals surface area contributed by atoms with Crippen molar-refractivity contribution in [3.8, 4) is 0 Å². The van der Waals surface area contributed by atoms with E-state index in [1.807, 2.05) is 38.4 Å². The first kappa shape index (κ1) is 20.0. The van der Waals surface area contributed by atoms with Crippen molar-refractivity contribution in [2.45, 2.75) is 32.4 Å². The van der Waals surface area contributed by atoms with Crippen LogP contribution in [0.1, 0.15) is 51.1 Å². The van der Waals surface area contributed by atoms with Crippen LogP contribution in [-0.4, -0.2) is 42.3 Å². The van der Waals surface area contributed by atoms with Gasteiger partial charge in [0.2, 0.25) is 0 Å². The van der Waals surface area contributed by atoms with E-state index in [0.717, 1.165) is 30.5 Å². The lowest BCUT2D eigenvalue weighted by Crippen LogP contribution is -2.32. The highest BCUT2D eigenvalue weighted by Crippen LogP contribution is 2.33. The van der Waals surface area contributed by atoms with Gasteiger partial charge in [-0.25, -0.2) is 0 Å². The zero-order chi connectivity index (χ0) is 20.3. The molecule has 1 N–H and O–H groups in total. The third-order valence-corrected chi connectivity index (χ3v) is 4.89. The van der Waals surface area contributed by atoms with Gasteiger partial charge in [0, 0.05) is 31.8 Å². The molecule has 1 aromatic carbocycles. The zero-order valence-corrected chi connectivity index (χ0v) is 16.7. The minimum Gasteiger partial charge on any atom is -0.355 e. The monoisotopic (exact) mass is 381 g/mol. The number of aromatic nitrogens is 1. The van der Waals surface area contributed by atoms with E-state index < -0.39 is 5.91 Å². The zero-order valence-electron chi connectivity index (χ0n) is 16.7. The van der Waals surface area contributed by atoms with Crippen LogP contribution in [0.5, 0.6) is 0 Å². The molecule has 148 valence electrons. The Morgan fingerprint density at radius 1 is 1.18 bits per heavy atom. The fourth-order valence-electron chi connectivity index (χ4n) is 3.29. The second-order valence-electron chi connectivity index (χ2n) is 7.78. The maximum atomic E-state index is 12.8. The maximum absolute atomic E-state index is 12.8. The van der Waals surface area contributed by atoms with Crippen LogP contribution in [-0.2, 0) is 13.1 Å². The van der Waals surface area contributed by atoms with Gasteiger partial charge in [-0.15, -0.1) is 0 Å². The quantitative estimate of drug-likeness (QED) is 0.713. The highest BCUT2D eigenvalue weighted by atomic mass is 16.2. The van der Waals surface area contributed by atoms with Crippen molar-refractivity contribution < 1.29 is 9.59 Å². The molecule has 0 radical (unpaired) electrons. The molecule has 1 aliphatic rings. The van der Waals surface area contributed by atoms with Crippen LogP contribution in [0.2, 0.25) is 0 Å². The summed E-state index contributed by atoms with van der Waals surface area (Å²) in [7, 11) is 5.49. The summed E-state index contributed by atoms with van der Waals surface area (Å²) < 4.78 is 1.47. The Labute approximate surface area is 165 Å². The van der Waals surface area contributed by atoms with Crippen LogP contribution in [0.3, 0.4) is 0 Å². The molecule has 0 unspecified atom stereocenters. The van der Waals surface area contributed by atoms with Gasteiger partial charge in [0.1, 0.15) is 5.56 Å². The van der Waals surface area contributed by atoms with E-state index in [4.69, 9.17) is 0 Å². The number of amides is 1. The van der Waals surface area contributed by atoms with Gasteiger partial charge in [0.05, 0.1) is 6.54 Å². The minimum atomic E-state index is -0.471. The number of nitrogens with one attached hydrogen (secondary N) is 1. The second-order valence-corrected chi connectivity index (χ2v) is 7.78. The Morgan fingerprint density at radius 3 is 2.54 bits per heavy atom. The average Bonchev–Trinajstić information content (AvgIpc) is 3.46. The second kappa shape index (κ2) is 8.52. The number of hydrogen-bond acceptors (Lipinski definition) is 4. The Balaban J connectivity index is 1.95. The third-order valence-electron chi connectivity index (χ3n) is 4.89. The van der Waals surface area contributed by atoms with Gasteiger partial charge < -0.3 is 14.8 Å². The smallest absolute Gasteiger partial charge is 0.263 e. The maximum Gasteiger partial charge on any atom is 0.263 e. The summed E-state index contributed by atoms with van der Waals surface area (Å²) in [5.41, 5.74) is 2.14. The molecular formula is C22H27N3O3. The van der Waals surface area contributed by atoms with Crippen molar-refractivity contribution in [2.75, 3.05) is 21.1 Å². The number of carbonyl (C=O) groups is 2. The van der Waals surface area contributed by atoms with Gasteiger partial charge in [0.25, 0.3) is 11.5 Å². The van der Waals surface area contributed by atoms with E-state index in [9.17, 15) is 14.4 Å². The summed E-state index contributed by atoms with van der Waals surface area (Å²) in [5, 5.41) is 2.49. The minimum absolute atomic E-state index is 0.00796. The van der Waals surface area contributed by atoms with Gasteiger partial charge in [-0.2, -0.15) is 0 Å². The number of ketones is 1. The van der Waals surface area contributed by atoms with Crippen molar-refractivity contribution in [3.05, 3.63) is 69.1 Å². The molecule has 1 saturated carbocycles. The fraction of sp³-hybridized carbons (Fsp3) is 0.409. The molecule has 0 saturated heterocycles. The molecule has 0 spiro atoms. The van der Waals surface area contributed by atoms with Crippen LogP contribution in [0.25, 0.3) is 0 Å². The molecule has 6 nitrogen and oxygen atoms in total. The van der Waals surface area contributed by atoms with Crippen molar-refractivity contribution in [2.24, 2.45) is 5.92 Å². The molecule has 28 heavy (non-hydrogen) atoms. The number of pyridine rings is 1. The highest BCUT2D eigenvalue weighted by molar-refractivity contribution is 6.00. The first-order chi connectivity index (χ1) is 13.4. The highest BCUT2D eigenvalue weighted by Gasteiger charge is 2.26. The number of benzene rings is 1. The largest absolute Gasteiger partial charge is 0.355 e. The fourth-order valence-corrected chi connectivity index (χ4v) is 3.29. The molecule has 1 fully saturated rings. The topological polar surface area (TPSA) is 71.4 Å². The molecule has 6 heteroatoms. The molecule has 3 rings (SSSR count). The van der Waals surface area contributed by atoms with Crippen LogP contribution in [0.15, 0.2) is 41.3 Å². The van der Waals surface area contributed by atoms with E-state index in [1.165, 1.54) is 17.7 Å². The third kappa shape index (κ3) is 4.95. The predicted octanol–water partition coefficient (Wildman–Crippen LogP) is 2.30. The summed E-state index contributed by atoms with van der Waals surface area (Å²) in [5.74, 6) is -0.0389. The Hall–Kier alpha value is -2.73. The molecule has 0 atom stereocenters. The number of hydrogen-bond donors (Lipinski definition) is 1. The number of Topliss-reactive ketones (excluding diaryl/α,β-unsaturated/α-hetero) is 1. The standard InChI is InChI=1S/C22H27N3O3/c1-23-21(27)19-11-18(20(26)10-15-7-8-15)14-25(22(19)28)13-17-6-4-5-16(9-17)12-24(2)3/h4-6,9,11,14-15H,7-8,10,12-13H2,1-3H3,(H,23,27). The number of rotatable bonds is 8. The molecule has 1 heterocycles. The summed E-state index contributed by atoms with van der Waals surface area (Å²) in [6.07, 6.45) is 4.22. The normalized spacial score (nSPS) is 13.6. The molecule has 0 bridgehead atoms. The first-order valence-electron chi connectivity index (χ1n) is 9.59. The molecule has 1 aromatic heterocycles. The number of nitrogens with zero attached hydrogens (tertiary/aromatic N) is 2. The van der Waals surface area contributed by atoms with Crippen molar-refractivity contribution in [3.63, 3.8) is 0 Å². The molecule has 1 amide bonds. The lowest BCUT2D eigenvalue weighted by molar-refractivity contribution is 0.0961. The van der Waals surface area contributed by atoms with Gasteiger partial charge in [-0.1, -0.05) is 24.3 Å². The van der Waals surface area contributed by atoms with Crippen molar-refractivity contribution in [1.82, 2.24) is 14.8 Å². The lowest BCUT2D eigenvalue weighted by Gasteiger charge is -2.13. The summed E-state index contributed by atoms with van der Waals surface area (Å²) in [6.45, 7) is 1.11. The van der Waals surface area contributed by atoms with E-state index in [0.29, 0.717) is 24.4 Å². The summed E-state index contributed by atoms with van der Waals surface area (Å²) in [4.78, 5) is 39.7. The first-order valence-corrected chi connectivity index (χ1v) is 9.59.